The van der Waals surface area contributed by atoms with Crippen LogP contribution in [0, 0.1) is 11.3 Å². The summed E-state index contributed by atoms with van der Waals surface area (Å²) in [6.45, 7) is 0. The largest absolute Gasteiger partial charge is 0.363 e. The highest BCUT2D eigenvalue weighted by molar-refractivity contribution is 5.67. The lowest BCUT2D eigenvalue weighted by atomic mass is 10.0. The van der Waals surface area contributed by atoms with Crippen molar-refractivity contribution >= 4 is 0 Å². The average Bonchev–Trinajstić information content (AvgIpc) is 2.39. The van der Waals surface area contributed by atoms with Crippen LogP contribution in [0.1, 0.15) is 17.5 Å². The fourth-order valence-corrected chi connectivity index (χ4v) is 1.60. The van der Waals surface area contributed by atoms with Crippen molar-refractivity contribution in [2.75, 3.05) is 0 Å². The van der Waals surface area contributed by atoms with Crippen molar-refractivity contribution in [1.82, 2.24) is 9.97 Å². The highest BCUT2D eigenvalue weighted by atomic mass is 16.5. The maximum Gasteiger partial charge on any atom is 0.266 e. The number of aliphatic hydroxyl groups excluding tert-OH is 1. The lowest BCUT2D eigenvalue weighted by Gasteiger charge is -2.11. The molecule has 0 saturated heterocycles. The zero-order valence-corrected chi connectivity index (χ0v) is 9.16. The fraction of sp³-hybridized carbons (Fsp3) is 0.0833. The first kappa shape index (κ1) is 12.0. The van der Waals surface area contributed by atoms with Gasteiger partial charge in [0.2, 0.25) is 0 Å². The van der Waals surface area contributed by atoms with E-state index in [-0.39, 0.29) is 11.3 Å². The van der Waals surface area contributed by atoms with E-state index in [1.807, 2.05) is 0 Å². The maximum absolute atomic E-state index is 11.4. The molecule has 3 N–H and O–H groups in total. The predicted molar refractivity (Wildman–Crippen MR) is 62.2 cm³/mol. The van der Waals surface area contributed by atoms with E-state index >= 15 is 0 Å². The Bertz CT molecular complexity index is 657. The Kier molecular flexibility index (Phi) is 3.19. The molecule has 2 rings (SSSR count). The highest BCUT2D eigenvalue weighted by Gasteiger charge is 2.15. The molecule has 0 fully saturated rings. The number of aliphatic hydroxyl groups is 2. The van der Waals surface area contributed by atoms with Crippen molar-refractivity contribution in [3.63, 3.8) is 0 Å². The number of rotatable bonds is 2. The third kappa shape index (κ3) is 2.13. The number of hydrogen-bond donors (Lipinski definition) is 3. The Morgan fingerprint density at radius 1 is 1.33 bits per heavy atom. The lowest BCUT2D eigenvalue weighted by Crippen LogP contribution is -2.16. The van der Waals surface area contributed by atoms with Crippen LogP contribution >= 0.6 is 0 Å². The predicted octanol–water partition coefficient (Wildman–Crippen LogP) is 0.292. The molecule has 0 atom stereocenters. The number of aromatic nitrogens is 2. The summed E-state index contributed by atoms with van der Waals surface area (Å²) in [6, 6.07) is 6.35. The number of nitriles is 1. The molecule has 0 aliphatic heterocycles. The monoisotopic (exact) mass is 243 g/mol. The van der Waals surface area contributed by atoms with Crippen molar-refractivity contribution in [2.45, 2.75) is 6.29 Å². The van der Waals surface area contributed by atoms with Crippen molar-refractivity contribution < 1.29 is 10.2 Å². The zero-order valence-electron chi connectivity index (χ0n) is 9.16. The van der Waals surface area contributed by atoms with Gasteiger partial charge in [-0.3, -0.25) is 9.78 Å². The summed E-state index contributed by atoms with van der Waals surface area (Å²) in [5.74, 6) is 0. The normalized spacial score (nSPS) is 10.3. The van der Waals surface area contributed by atoms with Crippen molar-refractivity contribution in [2.24, 2.45) is 0 Å². The standard InChI is InChI=1S/C12H9N3O3/c13-6-8-5-9(7-1-3-14-4-2-7)10(12(17)18)15-11(8)16/h1-5,12,17-18H,(H,15,16). The van der Waals surface area contributed by atoms with Gasteiger partial charge in [-0.1, -0.05) is 0 Å². The van der Waals surface area contributed by atoms with Crippen LogP contribution in [-0.2, 0) is 0 Å². The molecular formula is C12H9N3O3. The molecule has 0 aliphatic rings. The smallest absolute Gasteiger partial charge is 0.266 e. The summed E-state index contributed by atoms with van der Waals surface area (Å²) >= 11 is 0. The fourth-order valence-electron chi connectivity index (χ4n) is 1.60. The van der Waals surface area contributed by atoms with Crippen molar-refractivity contribution in [3.8, 4) is 17.2 Å². The number of hydrogen-bond acceptors (Lipinski definition) is 5. The number of H-pyrrole nitrogens is 1. The van der Waals surface area contributed by atoms with E-state index in [4.69, 9.17) is 5.26 Å². The Balaban J connectivity index is 2.73. The first-order chi connectivity index (χ1) is 8.63. The third-order valence-corrected chi connectivity index (χ3v) is 2.44. The van der Waals surface area contributed by atoms with Crippen LogP contribution in [0.4, 0.5) is 0 Å². The molecule has 2 aromatic rings. The molecule has 0 spiro atoms. The molecule has 0 bridgehead atoms. The van der Waals surface area contributed by atoms with Gasteiger partial charge in [-0.05, 0) is 23.8 Å². The van der Waals surface area contributed by atoms with Gasteiger partial charge in [0.15, 0.2) is 6.29 Å². The van der Waals surface area contributed by atoms with Crippen LogP contribution in [0.25, 0.3) is 11.1 Å². The highest BCUT2D eigenvalue weighted by Crippen LogP contribution is 2.24. The van der Waals surface area contributed by atoms with E-state index in [0.29, 0.717) is 11.1 Å². The van der Waals surface area contributed by atoms with Crippen LogP contribution in [0.5, 0.6) is 0 Å². The van der Waals surface area contributed by atoms with Gasteiger partial charge in [0.25, 0.3) is 5.56 Å². The summed E-state index contributed by atoms with van der Waals surface area (Å²) in [7, 11) is 0. The van der Waals surface area contributed by atoms with Gasteiger partial charge >= 0.3 is 0 Å². The van der Waals surface area contributed by atoms with Crippen LogP contribution in [0.15, 0.2) is 35.4 Å². The Hall–Kier alpha value is -2.49. The quantitative estimate of drug-likeness (QED) is 0.657. The summed E-state index contributed by atoms with van der Waals surface area (Å²) in [5, 5.41) is 27.3. The van der Waals surface area contributed by atoms with Gasteiger partial charge in [0.1, 0.15) is 11.6 Å². The van der Waals surface area contributed by atoms with Gasteiger partial charge in [0.05, 0.1) is 5.69 Å². The third-order valence-electron chi connectivity index (χ3n) is 2.44. The van der Waals surface area contributed by atoms with Crippen LogP contribution in [0.3, 0.4) is 0 Å². The molecule has 6 nitrogen and oxygen atoms in total. The van der Waals surface area contributed by atoms with E-state index in [0.717, 1.165) is 0 Å². The number of nitrogens with zero attached hydrogens (tertiary/aromatic N) is 2. The maximum atomic E-state index is 11.4. The van der Waals surface area contributed by atoms with E-state index < -0.39 is 11.8 Å². The number of nitrogens with one attached hydrogen (secondary N) is 1. The zero-order chi connectivity index (χ0) is 13.1. The van der Waals surface area contributed by atoms with Gasteiger partial charge in [-0.15, -0.1) is 0 Å². The number of pyridine rings is 2. The number of aromatic amines is 1. The Labute approximate surface area is 102 Å². The van der Waals surface area contributed by atoms with Gasteiger partial charge in [0, 0.05) is 18.0 Å². The second-order valence-electron chi connectivity index (χ2n) is 3.56. The van der Waals surface area contributed by atoms with E-state index in [9.17, 15) is 15.0 Å². The molecule has 2 aromatic heterocycles. The van der Waals surface area contributed by atoms with E-state index in [1.165, 1.54) is 18.5 Å². The summed E-state index contributed by atoms with van der Waals surface area (Å²) < 4.78 is 0. The second-order valence-corrected chi connectivity index (χ2v) is 3.56. The van der Waals surface area contributed by atoms with Gasteiger partial charge in [-0.25, -0.2) is 0 Å². The Morgan fingerprint density at radius 2 is 2.00 bits per heavy atom. The minimum absolute atomic E-state index is 0.0507. The SMILES string of the molecule is N#Cc1cc(-c2ccncc2)c(C(O)O)[nH]c1=O. The van der Waals surface area contributed by atoms with Crippen molar-refractivity contribution in [1.29, 1.82) is 5.26 Å². The summed E-state index contributed by atoms with van der Waals surface area (Å²) in [4.78, 5) is 17.6. The molecule has 90 valence electrons. The van der Waals surface area contributed by atoms with Crippen LogP contribution < -0.4 is 5.56 Å². The summed E-state index contributed by atoms with van der Waals surface area (Å²) in [5.41, 5.74) is 0.208. The minimum atomic E-state index is -1.83. The van der Waals surface area contributed by atoms with Gasteiger partial charge in [-0.2, -0.15) is 5.26 Å². The Morgan fingerprint density at radius 3 is 2.56 bits per heavy atom. The molecular weight excluding hydrogens is 234 g/mol. The van der Waals surface area contributed by atoms with Gasteiger partial charge < -0.3 is 15.2 Å². The molecule has 0 saturated carbocycles. The molecule has 0 amide bonds. The molecule has 0 unspecified atom stereocenters. The van der Waals surface area contributed by atoms with E-state index in [1.54, 1.807) is 18.2 Å². The molecule has 0 aliphatic carbocycles. The molecule has 18 heavy (non-hydrogen) atoms. The second kappa shape index (κ2) is 4.79. The first-order valence-electron chi connectivity index (χ1n) is 5.07. The lowest BCUT2D eigenvalue weighted by molar-refractivity contribution is -0.0454. The van der Waals surface area contributed by atoms with Crippen molar-refractivity contribution in [3.05, 3.63) is 52.2 Å². The molecule has 6 heteroatoms. The molecule has 0 radical (unpaired) electrons. The first-order valence-corrected chi connectivity index (χ1v) is 5.07. The molecule has 0 aromatic carbocycles. The van der Waals surface area contributed by atoms with E-state index in [2.05, 4.69) is 9.97 Å². The average molecular weight is 243 g/mol. The topological polar surface area (TPSA) is 110 Å². The molecule has 2 heterocycles. The van der Waals surface area contributed by atoms with Crippen LogP contribution in [0.2, 0.25) is 0 Å². The summed E-state index contributed by atoms with van der Waals surface area (Å²) in [6.07, 6.45) is 1.23. The van der Waals surface area contributed by atoms with Crippen LogP contribution in [-0.4, -0.2) is 20.2 Å². The minimum Gasteiger partial charge on any atom is -0.363 e.